The SMILES string of the molecule is CCCCC/C=C\C/C=C\C/C=C\CCCCCCCCC(=O)OC(/C=C\C/C=C\CCCCCC)CCCCCCC(=O)NC(CCCN)C(=O)O. The minimum atomic E-state index is -1.02. The lowest BCUT2D eigenvalue weighted by Gasteiger charge is -2.15. The third-order valence-electron chi connectivity index (χ3n) is 9.29. The van der Waals surface area contributed by atoms with Crippen LogP contribution in [0.2, 0.25) is 0 Å². The normalized spacial score (nSPS) is 13.3. The standard InChI is InChI=1S/C46H80N2O5/c1-3-5-7-9-11-13-14-15-16-17-18-19-20-21-22-24-26-28-34-40-45(50)53-42(36-31-27-25-23-12-10-8-6-4-2)37-32-29-30-33-39-44(49)48-43(46(51)52)38-35-41-47/h11,13,15-16,18-19,23,25,31,36,42-43H,3-10,12,14,17,20-22,24,26-30,32-35,37-41,47H2,1-2H3,(H,48,49)(H,51,52)/b13-11-,16-15-,19-18-,25-23-,36-31-. The van der Waals surface area contributed by atoms with Crippen LogP contribution in [0.5, 0.6) is 0 Å². The summed E-state index contributed by atoms with van der Waals surface area (Å²) < 4.78 is 5.91. The molecule has 0 aromatic rings. The molecule has 0 rings (SSSR count). The van der Waals surface area contributed by atoms with Crippen molar-refractivity contribution in [1.82, 2.24) is 5.32 Å². The number of unbranched alkanes of at least 4 members (excludes halogenated alkanes) is 16. The number of carboxylic acids is 1. The Hall–Kier alpha value is -2.93. The second kappa shape index (κ2) is 40.3. The van der Waals surface area contributed by atoms with E-state index < -0.39 is 12.0 Å². The molecule has 0 saturated heterocycles. The maximum absolute atomic E-state index is 12.7. The van der Waals surface area contributed by atoms with E-state index in [-0.39, 0.29) is 18.0 Å². The van der Waals surface area contributed by atoms with E-state index in [0.29, 0.717) is 38.6 Å². The van der Waals surface area contributed by atoms with Gasteiger partial charge in [0.1, 0.15) is 12.1 Å². The first-order chi connectivity index (χ1) is 25.9. The Morgan fingerprint density at radius 3 is 1.62 bits per heavy atom. The van der Waals surface area contributed by atoms with Crippen LogP contribution in [-0.4, -0.2) is 41.6 Å². The number of nitrogens with two attached hydrogens (primary N) is 1. The van der Waals surface area contributed by atoms with Gasteiger partial charge in [-0.3, -0.25) is 9.59 Å². The number of amides is 1. The number of carboxylic acid groups (broad SMARTS) is 1. The zero-order chi connectivity index (χ0) is 38.9. The fourth-order valence-electron chi connectivity index (χ4n) is 5.99. The van der Waals surface area contributed by atoms with Crippen molar-refractivity contribution in [2.75, 3.05) is 6.54 Å². The summed E-state index contributed by atoms with van der Waals surface area (Å²) in [4.78, 5) is 36.3. The zero-order valence-corrected chi connectivity index (χ0v) is 34.1. The quantitative estimate of drug-likeness (QED) is 0.0329. The molecule has 0 aliphatic carbocycles. The Balaban J connectivity index is 4.34. The molecule has 0 aromatic carbocycles. The van der Waals surface area contributed by atoms with E-state index in [1.165, 1.54) is 70.6 Å². The molecule has 0 radical (unpaired) electrons. The van der Waals surface area contributed by atoms with Gasteiger partial charge in [-0.1, -0.05) is 139 Å². The topological polar surface area (TPSA) is 119 Å². The molecular formula is C46H80N2O5. The molecular weight excluding hydrogens is 661 g/mol. The number of carbonyl (C=O) groups is 3. The Labute approximate surface area is 325 Å². The molecule has 1 amide bonds. The summed E-state index contributed by atoms with van der Waals surface area (Å²) in [6.07, 6.45) is 49.9. The average molecular weight is 741 g/mol. The lowest BCUT2D eigenvalue weighted by atomic mass is 10.1. The third-order valence-corrected chi connectivity index (χ3v) is 9.29. The van der Waals surface area contributed by atoms with E-state index in [2.05, 4.69) is 73.8 Å². The molecule has 2 unspecified atom stereocenters. The summed E-state index contributed by atoms with van der Waals surface area (Å²) in [6.45, 7) is 4.87. The summed E-state index contributed by atoms with van der Waals surface area (Å²) in [5.41, 5.74) is 5.48. The van der Waals surface area contributed by atoms with Crippen molar-refractivity contribution in [2.45, 2.75) is 206 Å². The highest BCUT2D eigenvalue weighted by atomic mass is 16.5. The van der Waals surface area contributed by atoms with E-state index in [1.807, 2.05) is 6.08 Å². The molecule has 2 atom stereocenters. The predicted octanol–water partition coefficient (Wildman–Crippen LogP) is 12.2. The van der Waals surface area contributed by atoms with Gasteiger partial charge >= 0.3 is 11.9 Å². The maximum atomic E-state index is 12.7. The van der Waals surface area contributed by atoms with Gasteiger partial charge in [0.25, 0.3) is 0 Å². The van der Waals surface area contributed by atoms with E-state index >= 15 is 0 Å². The van der Waals surface area contributed by atoms with Gasteiger partial charge in [-0.2, -0.15) is 0 Å². The monoisotopic (exact) mass is 741 g/mol. The largest absolute Gasteiger partial charge is 0.480 e. The first-order valence-electron chi connectivity index (χ1n) is 21.6. The third kappa shape index (κ3) is 37.2. The molecule has 0 saturated carbocycles. The Morgan fingerprint density at radius 2 is 1.04 bits per heavy atom. The molecule has 0 aliphatic heterocycles. The predicted molar refractivity (Wildman–Crippen MR) is 225 cm³/mol. The fraction of sp³-hybridized carbons (Fsp3) is 0.717. The smallest absolute Gasteiger partial charge is 0.326 e. The first kappa shape index (κ1) is 50.1. The Morgan fingerprint density at radius 1 is 0.566 bits per heavy atom. The molecule has 304 valence electrons. The summed E-state index contributed by atoms with van der Waals surface area (Å²) in [7, 11) is 0. The van der Waals surface area contributed by atoms with Gasteiger partial charge in [-0.05, 0) is 109 Å². The zero-order valence-electron chi connectivity index (χ0n) is 34.1. The van der Waals surface area contributed by atoms with Gasteiger partial charge in [-0.15, -0.1) is 0 Å². The van der Waals surface area contributed by atoms with Crippen LogP contribution in [0.4, 0.5) is 0 Å². The molecule has 53 heavy (non-hydrogen) atoms. The second-order valence-corrected chi connectivity index (χ2v) is 14.4. The number of hydrogen-bond acceptors (Lipinski definition) is 5. The molecule has 4 N–H and O–H groups in total. The maximum Gasteiger partial charge on any atom is 0.326 e. The number of esters is 1. The van der Waals surface area contributed by atoms with Crippen molar-refractivity contribution in [3.8, 4) is 0 Å². The summed E-state index contributed by atoms with van der Waals surface area (Å²) in [5.74, 6) is -1.37. The van der Waals surface area contributed by atoms with Crippen molar-refractivity contribution >= 4 is 17.8 Å². The fourth-order valence-corrected chi connectivity index (χ4v) is 5.99. The second-order valence-electron chi connectivity index (χ2n) is 14.4. The lowest BCUT2D eigenvalue weighted by molar-refractivity contribution is -0.147. The van der Waals surface area contributed by atoms with Gasteiger partial charge < -0.3 is 20.9 Å². The van der Waals surface area contributed by atoms with Crippen LogP contribution >= 0.6 is 0 Å². The van der Waals surface area contributed by atoms with E-state index in [0.717, 1.165) is 77.0 Å². The van der Waals surface area contributed by atoms with Crippen molar-refractivity contribution in [3.05, 3.63) is 60.8 Å². The van der Waals surface area contributed by atoms with Crippen LogP contribution < -0.4 is 11.1 Å². The highest BCUT2D eigenvalue weighted by molar-refractivity contribution is 5.83. The summed E-state index contributed by atoms with van der Waals surface area (Å²) in [6, 6.07) is -0.877. The van der Waals surface area contributed by atoms with Crippen LogP contribution in [0.15, 0.2) is 60.8 Å². The van der Waals surface area contributed by atoms with Crippen molar-refractivity contribution in [3.63, 3.8) is 0 Å². The minimum Gasteiger partial charge on any atom is -0.480 e. The van der Waals surface area contributed by atoms with Crippen LogP contribution in [-0.2, 0) is 19.1 Å². The molecule has 0 fully saturated rings. The minimum absolute atomic E-state index is 0.118. The summed E-state index contributed by atoms with van der Waals surface area (Å²) >= 11 is 0. The number of hydrogen-bond donors (Lipinski definition) is 3. The van der Waals surface area contributed by atoms with Crippen LogP contribution in [0, 0.1) is 0 Å². The van der Waals surface area contributed by atoms with Gasteiger partial charge in [-0.25, -0.2) is 4.79 Å². The van der Waals surface area contributed by atoms with E-state index in [9.17, 15) is 19.5 Å². The van der Waals surface area contributed by atoms with Crippen LogP contribution in [0.1, 0.15) is 194 Å². The molecule has 0 heterocycles. The molecule has 0 spiro atoms. The highest BCUT2D eigenvalue weighted by Gasteiger charge is 2.19. The van der Waals surface area contributed by atoms with Gasteiger partial charge in [0.05, 0.1) is 0 Å². The highest BCUT2D eigenvalue weighted by Crippen LogP contribution is 2.15. The summed E-state index contributed by atoms with van der Waals surface area (Å²) in [5, 5.41) is 11.9. The van der Waals surface area contributed by atoms with Crippen molar-refractivity contribution < 1.29 is 24.2 Å². The Kier molecular flexibility index (Phi) is 38.0. The number of nitrogens with one attached hydrogen (secondary N) is 1. The van der Waals surface area contributed by atoms with Crippen LogP contribution in [0.3, 0.4) is 0 Å². The van der Waals surface area contributed by atoms with Gasteiger partial charge in [0, 0.05) is 12.8 Å². The number of carbonyl (C=O) groups excluding carboxylic acids is 2. The number of allylic oxidation sites excluding steroid dienone is 9. The average Bonchev–Trinajstić information content (AvgIpc) is 3.14. The number of rotatable bonds is 38. The molecule has 0 aromatic heterocycles. The van der Waals surface area contributed by atoms with Crippen LogP contribution in [0.25, 0.3) is 0 Å². The van der Waals surface area contributed by atoms with Crippen molar-refractivity contribution in [2.24, 2.45) is 5.73 Å². The number of aliphatic carboxylic acids is 1. The van der Waals surface area contributed by atoms with E-state index in [4.69, 9.17) is 10.5 Å². The van der Waals surface area contributed by atoms with Gasteiger partial charge in [0.2, 0.25) is 5.91 Å². The molecule has 7 nitrogen and oxygen atoms in total. The van der Waals surface area contributed by atoms with Gasteiger partial charge in [0.15, 0.2) is 0 Å². The van der Waals surface area contributed by atoms with Crippen molar-refractivity contribution in [1.29, 1.82) is 0 Å². The molecule has 0 aliphatic rings. The Bertz CT molecular complexity index is 1020. The lowest BCUT2D eigenvalue weighted by Crippen LogP contribution is -2.40. The van der Waals surface area contributed by atoms with E-state index in [1.54, 1.807) is 0 Å². The molecule has 0 bridgehead atoms. The first-order valence-corrected chi connectivity index (χ1v) is 21.6. The molecule has 7 heteroatoms. The number of ether oxygens (including phenoxy) is 1.